The van der Waals surface area contributed by atoms with E-state index in [2.05, 4.69) is 37.6 Å². The average molecular weight is 421 g/mol. The van der Waals surface area contributed by atoms with Gasteiger partial charge in [0.05, 0.1) is 0 Å². The van der Waals surface area contributed by atoms with E-state index in [9.17, 15) is 4.79 Å². The van der Waals surface area contributed by atoms with Gasteiger partial charge in [-0.15, -0.1) is 0 Å². The first-order valence-electron chi connectivity index (χ1n) is 10.1. The Balaban J connectivity index is 1.65. The molecular formula is C23H30Cl2N2O. The lowest BCUT2D eigenvalue weighted by atomic mass is 9.73. The zero-order chi connectivity index (χ0) is 20.5. The molecule has 3 nitrogen and oxygen atoms in total. The molecular weight excluding hydrogens is 391 g/mol. The Hall–Kier alpha value is -1.45. The molecule has 152 valence electrons. The van der Waals surface area contributed by atoms with Crippen LogP contribution >= 0.6 is 23.2 Å². The van der Waals surface area contributed by atoms with Crippen LogP contribution in [-0.2, 0) is 10.2 Å². The number of piperidine rings is 1. The minimum absolute atomic E-state index is 0.00493. The predicted molar refractivity (Wildman–Crippen MR) is 118 cm³/mol. The number of nitrogens with one attached hydrogen (secondary N) is 1. The lowest BCUT2D eigenvalue weighted by molar-refractivity contribution is -0.117. The highest BCUT2D eigenvalue weighted by Gasteiger charge is 2.35. The highest BCUT2D eigenvalue weighted by atomic mass is 35.5. The van der Waals surface area contributed by atoms with Gasteiger partial charge >= 0.3 is 0 Å². The third kappa shape index (κ3) is 4.41. The molecule has 5 heteroatoms. The lowest BCUT2D eigenvalue weighted by Gasteiger charge is -2.42. The molecule has 1 aliphatic heterocycles. The quantitative estimate of drug-likeness (QED) is 0.634. The van der Waals surface area contributed by atoms with Crippen LogP contribution in [-0.4, -0.2) is 23.9 Å². The highest BCUT2D eigenvalue weighted by Crippen LogP contribution is 2.42. The summed E-state index contributed by atoms with van der Waals surface area (Å²) in [5.74, 6) is 0.726. The number of aryl methyl sites for hydroxylation is 1. The van der Waals surface area contributed by atoms with Crippen LogP contribution in [0.3, 0.4) is 0 Å². The maximum atomic E-state index is 12.6. The fraction of sp³-hybridized carbons (Fsp3) is 0.522. The SMILES string of the molecule is C=C(NC(=O)C1=C(C)CCCC1)N1CCC(C)(c2c(C)cc(Cl)cc2Cl)CC1. The Kier molecular flexibility index (Phi) is 6.46. The first-order chi connectivity index (χ1) is 13.2. The van der Waals surface area contributed by atoms with Gasteiger partial charge < -0.3 is 10.2 Å². The third-order valence-corrected chi connectivity index (χ3v) is 6.90. The maximum Gasteiger partial charge on any atom is 0.252 e. The minimum Gasteiger partial charge on any atom is -0.359 e. The van der Waals surface area contributed by atoms with E-state index in [-0.39, 0.29) is 11.3 Å². The van der Waals surface area contributed by atoms with Crippen molar-refractivity contribution in [2.24, 2.45) is 0 Å². The summed E-state index contributed by atoms with van der Waals surface area (Å²) in [6.45, 7) is 12.2. The summed E-state index contributed by atoms with van der Waals surface area (Å²) in [7, 11) is 0. The van der Waals surface area contributed by atoms with Gasteiger partial charge in [0, 0.05) is 28.7 Å². The van der Waals surface area contributed by atoms with Crippen molar-refractivity contribution in [3.8, 4) is 0 Å². The lowest BCUT2D eigenvalue weighted by Crippen LogP contribution is -2.44. The number of benzene rings is 1. The molecule has 1 fully saturated rings. The summed E-state index contributed by atoms with van der Waals surface area (Å²) >= 11 is 12.7. The zero-order valence-corrected chi connectivity index (χ0v) is 18.6. The summed E-state index contributed by atoms with van der Waals surface area (Å²) in [5, 5.41) is 4.46. The topological polar surface area (TPSA) is 32.3 Å². The number of amides is 1. The van der Waals surface area contributed by atoms with E-state index in [0.717, 1.165) is 61.4 Å². The summed E-state index contributed by atoms with van der Waals surface area (Å²) in [6.07, 6.45) is 6.07. The monoisotopic (exact) mass is 420 g/mol. The predicted octanol–water partition coefficient (Wildman–Crippen LogP) is 6.13. The number of likely N-dealkylation sites (tertiary alicyclic amines) is 1. The molecule has 0 atom stereocenters. The number of halogens is 2. The fourth-order valence-corrected chi connectivity index (χ4v) is 5.46. The van der Waals surface area contributed by atoms with Crippen molar-refractivity contribution in [2.75, 3.05) is 13.1 Å². The van der Waals surface area contributed by atoms with Gasteiger partial charge in [0.1, 0.15) is 5.82 Å². The van der Waals surface area contributed by atoms with Gasteiger partial charge in [0.2, 0.25) is 0 Å². The number of carbonyl (C=O) groups is 1. The Bertz CT molecular complexity index is 797. The molecule has 3 rings (SSSR count). The molecule has 1 heterocycles. The van der Waals surface area contributed by atoms with Gasteiger partial charge in [-0.05, 0) is 81.0 Å². The molecule has 0 bridgehead atoms. The molecule has 2 aliphatic rings. The van der Waals surface area contributed by atoms with E-state index in [1.807, 2.05) is 12.1 Å². The number of hydrogen-bond donors (Lipinski definition) is 1. The van der Waals surface area contributed by atoms with E-state index >= 15 is 0 Å². The summed E-state index contributed by atoms with van der Waals surface area (Å²) in [4.78, 5) is 14.8. The average Bonchev–Trinajstić information content (AvgIpc) is 2.61. The Labute approximate surface area is 178 Å². The second-order valence-electron chi connectivity index (χ2n) is 8.49. The van der Waals surface area contributed by atoms with Crippen molar-refractivity contribution >= 4 is 29.1 Å². The Morgan fingerprint density at radius 2 is 1.79 bits per heavy atom. The molecule has 1 N–H and O–H groups in total. The number of allylic oxidation sites excluding steroid dienone is 1. The third-order valence-electron chi connectivity index (χ3n) is 6.38. The molecule has 1 aromatic rings. The van der Waals surface area contributed by atoms with Gasteiger partial charge in [0.25, 0.3) is 5.91 Å². The molecule has 1 saturated heterocycles. The summed E-state index contributed by atoms with van der Waals surface area (Å²) in [5.41, 5.74) is 4.49. The van der Waals surface area contributed by atoms with Crippen LogP contribution in [0.4, 0.5) is 0 Å². The number of nitrogens with zero attached hydrogens (tertiary/aromatic N) is 1. The molecule has 0 saturated carbocycles. The van der Waals surface area contributed by atoms with Crippen LogP contribution < -0.4 is 5.32 Å². The highest BCUT2D eigenvalue weighted by molar-refractivity contribution is 6.35. The van der Waals surface area contributed by atoms with E-state index in [1.54, 1.807) is 0 Å². The van der Waals surface area contributed by atoms with Crippen molar-refractivity contribution in [3.63, 3.8) is 0 Å². The molecule has 0 radical (unpaired) electrons. The van der Waals surface area contributed by atoms with Crippen LogP contribution in [0.25, 0.3) is 0 Å². The molecule has 0 aromatic heterocycles. The number of carbonyl (C=O) groups excluding carboxylic acids is 1. The van der Waals surface area contributed by atoms with E-state index < -0.39 is 0 Å². The second-order valence-corrected chi connectivity index (χ2v) is 9.34. The van der Waals surface area contributed by atoms with Gasteiger partial charge in [-0.2, -0.15) is 0 Å². The van der Waals surface area contributed by atoms with Gasteiger partial charge in [-0.1, -0.05) is 42.3 Å². The van der Waals surface area contributed by atoms with E-state index in [1.165, 1.54) is 17.6 Å². The van der Waals surface area contributed by atoms with Crippen molar-refractivity contribution in [2.45, 2.75) is 64.7 Å². The van der Waals surface area contributed by atoms with Crippen LogP contribution in [0.1, 0.15) is 63.5 Å². The van der Waals surface area contributed by atoms with Crippen LogP contribution in [0.15, 0.2) is 35.7 Å². The molecule has 1 amide bonds. The summed E-state index contributed by atoms with van der Waals surface area (Å²) in [6, 6.07) is 3.82. The maximum absolute atomic E-state index is 12.6. The first-order valence-corrected chi connectivity index (χ1v) is 10.9. The number of hydrogen-bond acceptors (Lipinski definition) is 2. The normalized spacial score (nSPS) is 19.5. The second kappa shape index (κ2) is 8.51. The molecule has 0 unspecified atom stereocenters. The van der Waals surface area contributed by atoms with Gasteiger partial charge in [-0.3, -0.25) is 4.79 Å². The standard InChI is InChI=1S/C23H30Cl2N2O/c1-15-7-5-6-8-19(15)22(28)26-17(3)27-11-9-23(4,10-12-27)21-16(2)13-18(24)14-20(21)25/h13-14H,3,5-12H2,1-2,4H3,(H,26,28). The molecule has 1 aromatic carbocycles. The summed E-state index contributed by atoms with van der Waals surface area (Å²) < 4.78 is 0. The largest absolute Gasteiger partial charge is 0.359 e. The van der Waals surface area contributed by atoms with Crippen LogP contribution in [0.2, 0.25) is 10.0 Å². The zero-order valence-electron chi connectivity index (χ0n) is 17.1. The Morgan fingerprint density at radius 1 is 1.14 bits per heavy atom. The van der Waals surface area contributed by atoms with Gasteiger partial charge in [-0.25, -0.2) is 0 Å². The fourth-order valence-electron chi connectivity index (χ4n) is 4.64. The van der Waals surface area contributed by atoms with Crippen molar-refractivity contribution in [1.29, 1.82) is 0 Å². The number of rotatable bonds is 4. The van der Waals surface area contributed by atoms with Crippen molar-refractivity contribution in [1.82, 2.24) is 10.2 Å². The molecule has 28 heavy (non-hydrogen) atoms. The first kappa shape index (κ1) is 21.3. The van der Waals surface area contributed by atoms with E-state index in [0.29, 0.717) is 10.8 Å². The molecule has 0 spiro atoms. The molecule has 1 aliphatic carbocycles. The minimum atomic E-state index is -0.00493. The van der Waals surface area contributed by atoms with Crippen LogP contribution in [0.5, 0.6) is 0 Å². The van der Waals surface area contributed by atoms with E-state index in [4.69, 9.17) is 23.2 Å². The Morgan fingerprint density at radius 3 is 2.39 bits per heavy atom. The van der Waals surface area contributed by atoms with Crippen molar-refractivity contribution in [3.05, 3.63) is 56.9 Å². The van der Waals surface area contributed by atoms with Crippen LogP contribution in [0, 0.1) is 6.92 Å². The van der Waals surface area contributed by atoms with Gasteiger partial charge in [0.15, 0.2) is 0 Å². The smallest absolute Gasteiger partial charge is 0.252 e. The van der Waals surface area contributed by atoms with Crippen molar-refractivity contribution < 1.29 is 4.79 Å².